The van der Waals surface area contributed by atoms with E-state index in [0.29, 0.717) is 13.2 Å². The van der Waals surface area contributed by atoms with Gasteiger partial charge < -0.3 is 14.3 Å². The van der Waals surface area contributed by atoms with Crippen LogP contribution >= 0.6 is 0 Å². The number of rotatable bonds is 6. The number of benzene rings is 1. The zero-order chi connectivity index (χ0) is 11.1. The Balaban J connectivity index is 2.79. The summed E-state index contributed by atoms with van der Waals surface area (Å²) in [5.41, 5.74) is 4.98. The van der Waals surface area contributed by atoms with E-state index in [0.717, 1.165) is 16.9 Å². The maximum atomic E-state index is 5.20. The van der Waals surface area contributed by atoms with Gasteiger partial charge in [-0.05, 0) is 23.3 Å². The summed E-state index contributed by atoms with van der Waals surface area (Å²) in [4.78, 5) is 4.80. The van der Waals surface area contributed by atoms with Gasteiger partial charge in [0.15, 0.2) is 0 Å². The number of hydrogen-bond acceptors (Lipinski definition) is 4. The van der Waals surface area contributed by atoms with Gasteiger partial charge in [0.05, 0.1) is 20.8 Å². The predicted molar refractivity (Wildman–Crippen MR) is 57.6 cm³/mol. The second kappa shape index (κ2) is 6.40. The van der Waals surface area contributed by atoms with Gasteiger partial charge in [-0.3, -0.25) is 0 Å². The van der Waals surface area contributed by atoms with Crippen molar-refractivity contribution in [2.24, 2.45) is 0 Å². The van der Waals surface area contributed by atoms with Gasteiger partial charge in [-0.1, -0.05) is 6.07 Å². The van der Waals surface area contributed by atoms with Crippen molar-refractivity contribution in [3.8, 4) is 5.75 Å². The summed E-state index contributed by atoms with van der Waals surface area (Å²) >= 11 is 0. The van der Waals surface area contributed by atoms with Crippen LogP contribution in [-0.2, 0) is 22.7 Å². The lowest BCUT2D eigenvalue weighted by atomic mass is 10.1. The third-order valence-corrected chi connectivity index (χ3v) is 1.99. The highest BCUT2D eigenvalue weighted by molar-refractivity contribution is 5.34. The minimum absolute atomic E-state index is 0.581. The Kier molecular flexibility index (Phi) is 5.10. The van der Waals surface area contributed by atoms with E-state index in [9.17, 15) is 0 Å². The lowest BCUT2D eigenvalue weighted by molar-refractivity contribution is 0.0866. The van der Waals surface area contributed by atoms with Gasteiger partial charge in [-0.15, -0.1) is 0 Å². The van der Waals surface area contributed by atoms with E-state index in [2.05, 4.69) is 11.5 Å². The molecule has 0 aliphatic carbocycles. The summed E-state index contributed by atoms with van der Waals surface area (Å²) in [5.74, 6) is 0.831. The molecule has 0 heterocycles. The van der Waals surface area contributed by atoms with Crippen LogP contribution in [0.15, 0.2) is 18.2 Å². The third kappa shape index (κ3) is 3.87. The summed E-state index contributed by atoms with van der Waals surface area (Å²) in [6, 6.07) is 5.98. The Morgan fingerprint density at radius 1 is 1.07 bits per heavy atom. The number of ether oxygens (including phenoxy) is 2. The smallest absolute Gasteiger partial charge is 0.119 e. The molecule has 0 bridgehead atoms. The number of hydroxylamine groups is 1. The molecule has 0 saturated carbocycles. The van der Waals surface area contributed by atoms with Gasteiger partial charge in [0.2, 0.25) is 0 Å². The maximum Gasteiger partial charge on any atom is 0.119 e. The molecule has 0 unspecified atom stereocenters. The fourth-order valence-electron chi connectivity index (χ4n) is 1.35. The molecular weight excluding hydrogens is 194 g/mol. The van der Waals surface area contributed by atoms with Crippen LogP contribution in [0, 0.1) is 0 Å². The molecule has 0 aliphatic heterocycles. The fraction of sp³-hybridized carbons (Fsp3) is 0.455. The highest BCUT2D eigenvalue weighted by atomic mass is 16.6. The van der Waals surface area contributed by atoms with Crippen LogP contribution in [0.4, 0.5) is 0 Å². The molecule has 0 amide bonds. The lowest BCUT2D eigenvalue weighted by Crippen LogP contribution is -2.11. The quantitative estimate of drug-likeness (QED) is 0.724. The van der Waals surface area contributed by atoms with E-state index in [1.807, 2.05) is 12.1 Å². The number of hydrogen-bond donors (Lipinski definition) is 1. The lowest BCUT2D eigenvalue weighted by Gasteiger charge is -2.08. The molecule has 0 atom stereocenters. The third-order valence-electron chi connectivity index (χ3n) is 1.99. The van der Waals surface area contributed by atoms with E-state index >= 15 is 0 Å². The minimum Gasteiger partial charge on any atom is -0.497 e. The first kappa shape index (κ1) is 12.0. The second-order valence-electron chi connectivity index (χ2n) is 3.15. The van der Waals surface area contributed by atoms with Gasteiger partial charge in [0.25, 0.3) is 0 Å². The van der Waals surface area contributed by atoms with E-state index < -0.39 is 0 Å². The Morgan fingerprint density at radius 3 is 2.40 bits per heavy atom. The highest BCUT2D eigenvalue weighted by Crippen LogP contribution is 2.17. The van der Waals surface area contributed by atoms with Crippen molar-refractivity contribution in [1.82, 2.24) is 5.48 Å². The predicted octanol–water partition coefficient (Wildman–Crippen LogP) is 1.49. The monoisotopic (exact) mass is 211 g/mol. The zero-order valence-corrected chi connectivity index (χ0v) is 9.37. The SMILES string of the molecule is COCc1cc(CNOC)cc(OC)c1. The van der Waals surface area contributed by atoms with Gasteiger partial charge in [-0.2, -0.15) is 5.48 Å². The topological polar surface area (TPSA) is 39.7 Å². The summed E-state index contributed by atoms with van der Waals surface area (Å²) < 4.78 is 10.3. The first-order valence-electron chi connectivity index (χ1n) is 4.71. The Bertz CT molecular complexity index is 302. The summed E-state index contributed by atoms with van der Waals surface area (Å²) in [5, 5.41) is 0. The molecule has 1 aromatic rings. The standard InChI is InChI=1S/C11H17NO3/c1-13-8-10-4-9(7-12-15-3)5-11(6-10)14-2/h4-6,12H,7-8H2,1-3H3. The van der Waals surface area contributed by atoms with E-state index in [4.69, 9.17) is 14.3 Å². The van der Waals surface area contributed by atoms with E-state index in [1.165, 1.54) is 0 Å². The van der Waals surface area contributed by atoms with Gasteiger partial charge in [-0.25, -0.2) is 0 Å². The van der Waals surface area contributed by atoms with E-state index in [1.54, 1.807) is 21.3 Å². The second-order valence-corrected chi connectivity index (χ2v) is 3.15. The molecule has 0 spiro atoms. The molecule has 1 rings (SSSR count). The van der Waals surface area contributed by atoms with Gasteiger partial charge >= 0.3 is 0 Å². The van der Waals surface area contributed by atoms with Crippen LogP contribution in [0.1, 0.15) is 11.1 Å². The Labute approximate surface area is 90.1 Å². The van der Waals surface area contributed by atoms with Crippen LogP contribution in [0.2, 0.25) is 0 Å². The van der Waals surface area contributed by atoms with Gasteiger partial charge in [0.1, 0.15) is 5.75 Å². The molecule has 0 aliphatic rings. The molecule has 4 nitrogen and oxygen atoms in total. The van der Waals surface area contributed by atoms with Gasteiger partial charge in [0, 0.05) is 13.7 Å². The van der Waals surface area contributed by atoms with Crippen LogP contribution in [0.25, 0.3) is 0 Å². The van der Waals surface area contributed by atoms with Crippen molar-refractivity contribution in [2.75, 3.05) is 21.3 Å². The molecule has 1 aromatic carbocycles. The Hall–Kier alpha value is -1.10. The zero-order valence-electron chi connectivity index (χ0n) is 9.37. The largest absolute Gasteiger partial charge is 0.497 e. The normalized spacial score (nSPS) is 10.3. The molecule has 0 radical (unpaired) electrons. The molecule has 4 heteroatoms. The van der Waals surface area contributed by atoms with Crippen molar-refractivity contribution in [3.05, 3.63) is 29.3 Å². The van der Waals surface area contributed by atoms with E-state index in [-0.39, 0.29) is 0 Å². The van der Waals surface area contributed by atoms with Crippen molar-refractivity contribution in [1.29, 1.82) is 0 Å². The summed E-state index contributed by atoms with van der Waals surface area (Å²) in [6.07, 6.45) is 0. The van der Waals surface area contributed by atoms with Crippen molar-refractivity contribution >= 4 is 0 Å². The average Bonchev–Trinajstić information content (AvgIpc) is 2.26. The number of nitrogens with one attached hydrogen (secondary N) is 1. The number of methoxy groups -OCH3 is 2. The molecule has 0 aromatic heterocycles. The summed E-state index contributed by atoms with van der Waals surface area (Å²) in [6.45, 7) is 1.22. The van der Waals surface area contributed by atoms with Crippen LogP contribution < -0.4 is 10.2 Å². The molecular formula is C11H17NO3. The van der Waals surface area contributed by atoms with Crippen LogP contribution in [-0.4, -0.2) is 21.3 Å². The molecule has 0 fully saturated rings. The minimum atomic E-state index is 0.581. The van der Waals surface area contributed by atoms with Crippen molar-refractivity contribution < 1.29 is 14.3 Å². The molecule has 0 saturated heterocycles. The fourth-order valence-corrected chi connectivity index (χ4v) is 1.35. The first-order valence-corrected chi connectivity index (χ1v) is 4.71. The van der Waals surface area contributed by atoms with Crippen LogP contribution in [0.3, 0.4) is 0 Å². The average molecular weight is 211 g/mol. The summed E-state index contributed by atoms with van der Waals surface area (Å²) in [7, 11) is 4.92. The highest BCUT2D eigenvalue weighted by Gasteiger charge is 2.01. The molecule has 1 N–H and O–H groups in total. The molecule has 15 heavy (non-hydrogen) atoms. The molecule has 84 valence electrons. The van der Waals surface area contributed by atoms with Crippen molar-refractivity contribution in [3.63, 3.8) is 0 Å². The van der Waals surface area contributed by atoms with Crippen molar-refractivity contribution in [2.45, 2.75) is 13.2 Å². The first-order chi connectivity index (χ1) is 7.30. The van der Waals surface area contributed by atoms with Crippen LogP contribution in [0.5, 0.6) is 5.75 Å². The maximum absolute atomic E-state index is 5.20. The Morgan fingerprint density at radius 2 is 1.80 bits per heavy atom.